The van der Waals surface area contributed by atoms with Crippen LogP contribution in [0.2, 0.25) is 0 Å². The van der Waals surface area contributed by atoms with E-state index in [1.807, 2.05) is 39.2 Å². The molecule has 0 saturated carbocycles. The summed E-state index contributed by atoms with van der Waals surface area (Å²) in [4.78, 5) is 21.5. The van der Waals surface area contributed by atoms with E-state index in [4.69, 9.17) is 4.98 Å². The van der Waals surface area contributed by atoms with E-state index in [1.165, 1.54) is 23.5 Å². The number of carbonyl (C=O) groups excluding carboxylic acids is 1. The van der Waals surface area contributed by atoms with Gasteiger partial charge in [0.25, 0.3) is 5.91 Å². The Bertz CT molecular complexity index is 928. The minimum absolute atomic E-state index is 0. The second-order valence-electron chi connectivity index (χ2n) is 6.54. The molecule has 0 saturated heterocycles. The van der Waals surface area contributed by atoms with Crippen molar-refractivity contribution in [1.82, 2.24) is 9.88 Å². The monoisotopic (exact) mass is 407 g/mol. The summed E-state index contributed by atoms with van der Waals surface area (Å²) in [6, 6.07) is 11.8. The molecule has 0 N–H and O–H groups in total. The van der Waals surface area contributed by atoms with Crippen molar-refractivity contribution in [1.29, 1.82) is 0 Å². The number of aryl methyl sites for hydroxylation is 1. The van der Waals surface area contributed by atoms with Crippen molar-refractivity contribution in [3.05, 3.63) is 59.4 Å². The summed E-state index contributed by atoms with van der Waals surface area (Å²) < 4.78 is 14.6. The number of hydrogen-bond acceptors (Lipinski definition) is 4. The van der Waals surface area contributed by atoms with Gasteiger partial charge in [0.1, 0.15) is 5.82 Å². The van der Waals surface area contributed by atoms with E-state index in [2.05, 4.69) is 4.90 Å². The Morgan fingerprint density at radius 3 is 2.56 bits per heavy atom. The quantitative estimate of drug-likeness (QED) is 0.590. The van der Waals surface area contributed by atoms with E-state index in [-0.39, 0.29) is 18.3 Å². The molecular formula is C20H23ClFN3OS. The molecule has 4 nitrogen and oxygen atoms in total. The second-order valence-corrected chi connectivity index (χ2v) is 7.55. The van der Waals surface area contributed by atoms with Crippen LogP contribution in [0.25, 0.3) is 10.2 Å². The van der Waals surface area contributed by atoms with E-state index < -0.39 is 5.82 Å². The lowest BCUT2D eigenvalue weighted by atomic mass is 10.2. The molecule has 2 aromatic carbocycles. The van der Waals surface area contributed by atoms with Crippen molar-refractivity contribution in [3.63, 3.8) is 0 Å². The lowest BCUT2D eigenvalue weighted by molar-refractivity contribution is 0.0985. The Labute approximate surface area is 169 Å². The Kier molecular flexibility index (Phi) is 7.30. The molecule has 0 bridgehead atoms. The average Bonchev–Trinajstić information content (AvgIpc) is 3.03. The molecule has 0 aliphatic rings. The molecule has 0 aliphatic carbocycles. The highest BCUT2D eigenvalue weighted by Gasteiger charge is 2.21. The normalized spacial score (nSPS) is 10.9. The number of para-hydroxylation sites is 1. The van der Waals surface area contributed by atoms with Crippen LogP contribution in [0.15, 0.2) is 42.5 Å². The first-order valence-electron chi connectivity index (χ1n) is 8.54. The van der Waals surface area contributed by atoms with Gasteiger partial charge in [-0.05, 0) is 63.8 Å². The summed E-state index contributed by atoms with van der Waals surface area (Å²) in [5, 5.41) is 0.655. The summed E-state index contributed by atoms with van der Waals surface area (Å²) in [5.41, 5.74) is 2.33. The Balaban J connectivity index is 0.00000261. The lowest BCUT2D eigenvalue weighted by Crippen LogP contribution is -2.33. The number of aromatic nitrogens is 1. The third-order valence-corrected chi connectivity index (χ3v) is 5.19. The molecule has 1 aromatic heterocycles. The predicted octanol–water partition coefficient (Wildman–Crippen LogP) is 4.76. The lowest BCUT2D eigenvalue weighted by Gasteiger charge is -2.21. The SMILES string of the molecule is Cc1cccc2sc(N(CCCN(C)C)C(=O)c3cccc(F)c3)nc12.Cl. The van der Waals surface area contributed by atoms with Crippen LogP contribution in [0.1, 0.15) is 22.3 Å². The maximum Gasteiger partial charge on any atom is 0.260 e. The van der Waals surface area contributed by atoms with Gasteiger partial charge in [0.15, 0.2) is 5.13 Å². The van der Waals surface area contributed by atoms with E-state index in [0.717, 1.165) is 28.7 Å². The van der Waals surface area contributed by atoms with Gasteiger partial charge in [-0.1, -0.05) is 29.5 Å². The van der Waals surface area contributed by atoms with Gasteiger partial charge in [-0.3, -0.25) is 9.69 Å². The van der Waals surface area contributed by atoms with Gasteiger partial charge in [-0.2, -0.15) is 0 Å². The van der Waals surface area contributed by atoms with Crippen LogP contribution >= 0.6 is 23.7 Å². The van der Waals surface area contributed by atoms with Crippen LogP contribution in [0.3, 0.4) is 0 Å². The zero-order chi connectivity index (χ0) is 18.7. The van der Waals surface area contributed by atoms with E-state index in [0.29, 0.717) is 17.2 Å². The zero-order valence-electron chi connectivity index (χ0n) is 15.6. The highest BCUT2D eigenvalue weighted by atomic mass is 35.5. The molecule has 0 radical (unpaired) electrons. The van der Waals surface area contributed by atoms with Crippen molar-refractivity contribution in [2.75, 3.05) is 32.1 Å². The number of amides is 1. The van der Waals surface area contributed by atoms with Crippen LogP contribution in [0.5, 0.6) is 0 Å². The fourth-order valence-corrected chi connectivity index (χ4v) is 3.86. The Morgan fingerprint density at radius 2 is 1.89 bits per heavy atom. The minimum atomic E-state index is -0.413. The molecule has 3 rings (SSSR count). The number of fused-ring (bicyclic) bond motifs is 1. The zero-order valence-corrected chi connectivity index (χ0v) is 17.2. The van der Waals surface area contributed by atoms with E-state index in [1.54, 1.807) is 17.0 Å². The number of hydrogen-bond donors (Lipinski definition) is 0. The van der Waals surface area contributed by atoms with Gasteiger partial charge in [-0.25, -0.2) is 9.37 Å². The Hall–Kier alpha value is -2.02. The molecule has 0 aliphatic heterocycles. The van der Waals surface area contributed by atoms with Gasteiger partial charge < -0.3 is 4.90 Å². The molecule has 7 heteroatoms. The van der Waals surface area contributed by atoms with Gasteiger partial charge in [0.2, 0.25) is 0 Å². The first-order chi connectivity index (χ1) is 12.5. The minimum Gasteiger partial charge on any atom is -0.309 e. The highest BCUT2D eigenvalue weighted by Crippen LogP contribution is 2.31. The third kappa shape index (κ3) is 5.03. The van der Waals surface area contributed by atoms with Crippen molar-refractivity contribution in [2.24, 2.45) is 0 Å². The van der Waals surface area contributed by atoms with E-state index >= 15 is 0 Å². The molecule has 1 amide bonds. The fraction of sp³-hybridized carbons (Fsp3) is 0.300. The maximum absolute atomic E-state index is 13.6. The summed E-state index contributed by atoms with van der Waals surface area (Å²) in [5.74, 6) is -0.635. The number of halogens is 2. The second kappa shape index (κ2) is 9.26. The smallest absolute Gasteiger partial charge is 0.260 e. The maximum atomic E-state index is 13.6. The van der Waals surface area contributed by atoms with Gasteiger partial charge in [0.05, 0.1) is 10.2 Å². The van der Waals surface area contributed by atoms with Gasteiger partial charge >= 0.3 is 0 Å². The summed E-state index contributed by atoms with van der Waals surface area (Å²) in [6.45, 7) is 3.40. The topological polar surface area (TPSA) is 36.4 Å². The summed E-state index contributed by atoms with van der Waals surface area (Å²) in [6.07, 6.45) is 0.808. The van der Waals surface area contributed by atoms with Crippen molar-refractivity contribution >= 4 is 45.0 Å². The average molecular weight is 408 g/mol. The molecule has 27 heavy (non-hydrogen) atoms. The van der Waals surface area contributed by atoms with Gasteiger partial charge in [-0.15, -0.1) is 12.4 Å². The first-order valence-corrected chi connectivity index (χ1v) is 9.35. The molecule has 0 fully saturated rings. The number of carbonyl (C=O) groups is 1. The summed E-state index contributed by atoms with van der Waals surface area (Å²) in [7, 11) is 4.00. The molecule has 0 spiro atoms. The number of nitrogens with zero attached hydrogens (tertiary/aromatic N) is 3. The standard InChI is InChI=1S/C20H22FN3OS.ClH/c1-14-7-4-10-17-18(14)22-20(26-17)24(12-6-11-23(2)3)19(25)15-8-5-9-16(21)13-15;/h4-5,7-10,13H,6,11-12H2,1-3H3;1H. The van der Waals surface area contributed by atoms with Crippen LogP contribution in [-0.2, 0) is 0 Å². The van der Waals surface area contributed by atoms with Crippen molar-refractivity contribution in [3.8, 4) is 0 Å². The van der Waals surface area contributed by atoms with Gasteiger partial charge in [0, 0.05) is 12.1 Å². The summed E-state index contributed by atoms with van der Waals surface area (Å²) >= 11 is 1.49. The predicted molar refractivity (Wildman–Crippen MR) is 113 cm³/mol. The molecular weight excluding hydrogens is 385 g/mol. The molecule has 144 valence electrons. The largest absolute Gasteiger partial charge is 0.309 e. The first kappa shape index (κ1) is 21.3. The van der Waals surface area contributed by atoms with Crippen molar-refractivity contribution < 1.29 is 9.18 Å². The van der Waals surface area contributed by atoms with Crippen LogP contribution < -0.4 is 4.90 Å². The fourth-order valence-electron chi connectivity index (χ4n) is 2.80. The van der Waals surface area contributed by atoms with Crippen LogP contribution in [0, 0.1) is 12.7 Å². The van der Waals surface area contributed by atoms with Crippen LogP contribution in [-0.4, -0.2) is 43.0 Å². The molecule has 3 aromatic rings. The van der Waals surface area contributed by atoms with Crippen LogP contribution in [0.4, 0.5) is 9.52 Å². The van der Waals surface area contributed by atoms with Crippen molar-refractivity contribution in [2.45, 2.75) is 13.3 Å². The molecule has 0 atom stereocenters. The number of benzene rings is 2. The van der Waals surface area contributed by atoms with E-state index in [9.17, 15) is 9.18 Å². The number of rotatable bonds is 6. The Morgan fingerprint density at radius 1 is 1.15 bits per heavy atom. The highest BCUT2D eigenvalue weighted by molar-refractivity contribution is 7.22. The number of anilines is 1. The molecule has 1 heterocycles. The third-order valence-electron chi connectivity index (χ3n) is 4.14. The molecule has 0 unspecified atom stereocenters. The number of thiazole rings is 1.